The van der Waals surface area contributed by atoms with Gasteiger partial charge < -0.3 is 20.1 Å². The van der Waals surface area contributed by atoms with Gasteiger partial charge in [-0.1, -0.05) is 18.2 Å². The van der Waals surface area contributed by atoms with Crippen LogP contribution in [0.4, 0.5) is 11.4 Å². The Morgan fingerprint density at radius 1 is 1.06 bits per heavy atom. The summed E-state index contributed by atoms with van der Waals surface area (Å²) in [5.41, 5.74) is 1.73. The van der Waals surface area contributed by atoms with Crippen LogP contribution in [0.15, 0.2) is 67.0 Å². The number of amides is 1. The van der Waals surface area contributed by atoms with Crippen molar-refractivity contribution in [1.29, 1.82) is 0 Å². The Balaban J connectivity index is 1.56. The molecule has 1 aromatic heterocycles. The summed E-state index contributed by atoms with van der Waals surface area (Å²) in [6.07, 6.45) is 3.42. The Hall–Kier alpha value is -4.14. The van der Waals surface area contributed by atoms with Crippen LogP contribution in [0, 0.1) is 10.1 Å². The third kappa shape index (κ3) is 6.18. The smallest absolute Gasteiger partial charge is 0.292 e. The van der Waals surface area contributed by atoms with Gasteiger partial charge >= 0.3 is 0 Å². The van der Waals surface area contributed by atoms with Crippen LogP contribution in [0.1, 0.15) is 22.8 Å². The zero-order valence-electron chi connectivity index (χ0n) is 17.6. The number of rotatable bonds is 11. The number of pyridine rings is 1. The number of anilines is 1. The molecule has 1 heterocycles. The quantitative estimate of drug-likeness (QED) is 0.267. The first-order valence-electron chi connectivity index (χ1n) is 10.1. The molecule has 9 heteroatoms. The highest BCUT2D eigenvalue weighted by Crippen LogP contribution is 2.29. The summed E-state index contributed by atoms with van der Waals surface area (Å²) in [5.74, 6) is 0.724. The first-order chi connectivity index (χ1) is 15.6. The van der Waals surface area contributed by atoms with E-state index in [0.29, 0.717) is 42.5 Å². The monoisotopic (exact) mass is 436 g/mol. The first-order valence-corrected chi connectivity index (χ1v) is 10.1. The number of nitro groups is 1. The zero-order chi connectivity index (χ0) is 22.8. The van der Waals surface area contributed by atoms with Gasteiger partial charge in [0.1, 0.15) is 12.3 Å². The van der Waals surface area contributed by atoms with Crippen molar-refractivity contribution in [2.75, 3.05) is 25.0 Å². The maximum atomic E-state index is 12.5. The fourth-order valence-corrected chi connectivity index (χ4v) is 2.94. The zero-order valence-corrected chi connectivity index (χ0v) is 17.6. The number of nitrogens with one attached hydrogen (secondary N) is 2. The molecule has 3 rings (SSSR count). The molecule has 0 unspecified atom stereocenters. The van der Waals surface area contributed by atoms with Crippen molar-refractivity contribution in [3.63, 3.8) is 0 Å². The molecule has 0 saturated carbocycles. The largest absolute Gasteiger partial charge is 0.490 e. The third-order valence-electron chi connectivity index (χ3n) is 4.45. The lowest BCUT2D eigenvalue weighted by atomic mass is 10.2. The molecule has 3 aromatic rings. The van der Waals surface area contributed by atoms with Crippen molar-refractivity contribution in [1.82, 2.24) is 10.3 Å². The minimum atomic E-state index is -0.450. The SMILES string of the molecule is CCOc1cc(C(=O)NCCNc2ccccc2[N+](=O)[O-])ccc1OCc1cccnc1. The second-order valence-electron chi connectivity index (χ2n) is 6.70. The van der Waals surface area contributed by atoms with E-state index in [1.807, 2.05) is 19.1 Å². The fourth-order valence-electron chi connectivity index (χ4n) is 2.94. The maximum Gasteiger partial charge on any atom is 0.292 e. The van der Waals surface area contributed by atoms with Crippen LogP contribution in [0.5, 0.6) is 11.5 Å². The molecule has 0 bridgehead atoms. The van der Waals surface area contributed by atoms with Gasteiger partial charge in [-0.15, -0.1) is 0 Å². The second-order valence-corrected chi connectivity index (χ2v) is 6.70. The van der Waals surface area contributed by atoms with Crippen LogP contribution in [-0.2, 0) is 6.61 Å². The van der Waals surface area contributed by atoms with Gasteiger partial charge in [-0.2, -0.15) is 0 Å². The van der Waals surface area contributed by atoms with Gasteiger partial charge in [0.15, 0.2) is 11.5 Å². The number of carbonyl (C=O) groups is 1. The number of nitro benzene ring substituents is 1. The highest BCUT2D eigenvalue weighted by molar-refractivity contribution is 5.94. The Labute approximate surface area is 185 Å². The van der Waals surface area contributed by atoms with E-state index in [4.69, 9.17) is 9.47 Å². The van der Waals surface area contributed by atoms with E-state index in [1.165, 1.54) is 6.07 Å². The summed E-state index contributed by atoms with van der Waals surface area (Å²) in [6, 6.07) is 15.1. The Kier molecular flexibility index (Phi) is 7.96. The third-order valence-corrected chi connectivity index (χ3v) is 4.45. The normalized spacial score (nSPS) is 10.3. The predicted molar refractivity (Wildman–Crippen MR) is 120 cm³/mol. The number of para-hydroxylation sites is 2. The molecule has 1 amide bonds. The van der Waals surface area contributed by atoms with Crippen molar-refractivity contribution in [2.24, 2.45) is 0 Å². The van der Waals surface area contributed by atoms with Crippen LogP contribution in [-0.4, -0.2) is 35.5 Å². The van der Waals surface area contributed by atoms with Gasteiger partial charge in [-0.25, -0.2) is 0 Å². The van der Waals surface area contributed by atoms with E-state index in [2.05, 4.69) is 15.6 Å². The van der Waals surface area contributed by atoms with Crippen LogP contribution in [0.3, 0.4) is 0 Å². The molecule has 2 aromatic carbocycles. The molecule has 32 heavy (non-hydrogen) atoms. The van der Waals surface area contributed by atoms with Gasteiger partial charge in [0.2, 0.25) is 0 Å². The molecule has 0 atom stereocenters. The summed E-state index contributed by atoms with van der Waals surface area (Å²) >= 11 is 0. The van der Waals surface area contributed by atoms with Crippen LogP contribution >= 0.6 is 0 Å². The summed E-state index contributed by atoms with van der Waals surface area (Å²) < 4.78 is 11.5. The maximum absolute atomic E-state index is 12.5. The van der Waals surface area contributed by atoms with E-state index in [1.54, 1.807) is 48.8 Å². The Bertz CT molecular complexity index is 1060. The van der Waals surface area contributed by atoms with Crippen molar-refractivity contribution >= 4 is 17.3 Å². The molecule has 0 fully saturated rings. The predicted octanol–water partition coefficient (Wildman–Crippen LogP) is 3.81. The summed E-state index contributed by atoms with van der Waals surface area (Å²) in [5, 5.41) is 16.8. The number of hydrogen-bond donors (Lipinski definition) is 2. The molecule has 0 aliphatic heterocycles. The van der Waals surface area contributed by atoms with Crippen LogP contribution in [0.25, 0.3) is 0 Å². The average Bonchev–Trinajstić information content (AvgIpc) is 2.82. The van der Waals surface area contributed by atoms with E-state index in [-0.39, 0.29) is 18.1 Å². The van der Waals surface area contributed by atoms with Crippen molar-refractivity contribution in [3.8, 4) is 11.5 Å². The molecular formula is C23H24N4O5. The topological polar surface area (TPSA) is 116 Å². The Morgan fingerprint density at radius 2 is 1.91 bits per heavy atom. The lowest BCUT2D eigenvalue weighted by Gasteiger charge is -2.14. The van der Waals surface area contributed by atoms with Crippen LogP contribution in [0.2, 0.25) is 0 Å². The molecule has 0 spiro atoms. The minimum absolute atomic E-state index is 0.0120. The van der Waals surface area contributed by atoms with Gasteiger partial charge in [-0.05, 0) is 37.3 Å². The number of benzene rings is 2. The number of aromatic nitrogens is 1. The van der Waals surface area contributed by atoms with Crippen LogP contribution < -0.4 is 20.1 Å². The highest BCUT2D eigenvalue weighted by Gasteiger charge is 2.13. The first kappa shape index (κ1) is 22.5. The Morgan fingerprint density at radius 3 is 2.66 bits per heavy atom. The van der Waals surface area contributed by atoms with Crippen molar-refractivity contribution < 1.29 is 19.2 Å². The second kappa shape index (κ2) is 11.3. The van der Waals surface area contributed by atoms with Gasteiger partial charge in [0.05, 0.1) is 11.5 Å². The summed E-state index contributed by atoms with van der Waals surface area (Å²) in [4.78, 5) is 27.2. The fraction of sp³-hybridized carbons (Fsp3) is 0.217. The molecular weight excluding hydrogens is 412 g/mol. The van der Waals surface area contributed by atoms with E-state index in [0.717, 1.165) is 5.56 Å². The van der Waals surface area contributed by atoms with E-state index >= 15 is 0 Å². The molecule has 0 saturated heterocycles. The molecule has 0 aliphatic rings. The van der Waals surface area contributed by atoms with Gasteiger partial charge in [0.25, 0.3) is 11.6 Å². The van der Waals surface area contributed by atoms with Crippen molar-refractivity contribution in [2.45, 2.75) is 13.5 Å². The molecule has 166 valence electrons. The van der Waals surface area contributed by atoms with E-state index in [9.17, 15) is 14.9 Å². The molecule has 0 radical (unpaired) electrons. The number of hydrogen-bond acceptors (Lipinski definition) is 7. The minimum Gasteiger partial charge on any atom is -0.490 e. The van der Waals surface area contributed by atoms with Gasteiger partial charge in [0, 0.05) is 42.7 Å². The molecule has 2 N–H and O–H groups in total. The number of nitrogens with zero attached hydrogens (tertiary/aromatic N) is 2. The molecule has 0 aliphatic carbocycles. The molecule has 9 nitrogen and oxygen atoms in total. The lowest BCUT2D eigenvalue weighted by Crippen LogP contribution is -2.28. The summed E-state index contributed by atoms with van der Waals surface area (Å²) in [7, 11) is 0. The summed E-state index contributed by atoms with van der Waals surface area (Å²) in [6.45, 7) is 3.23. The standard InChI is InChI=1S/C23H24N4O5/c1-2-31-22-14-18(9-10-21(22)32-16-17-6-5-11-24-15-17)23(28)26-13-12-25-19-7-3-4-8-20(19)27(29)30/h3-11,14-15,25H,2,12-13,16H2,1H3,(H,26,28). The van der Waals surface area contributed by atoms with Gasteiger partial charge in [-0.3, -0.25) is 19.9 Å². The average molecular weight is 436 g/mol. The van der Waals surface area contributed by atoms with Crippen molar-refractivity contribution in [3.05, 3.63) is 88.2 Å². The lowest BCUT2D eigenvalue weighted by molar-refractivity contribution is -0.384. The highest BCUT2D eigenvalue weighted by atomic mass is 16.6. The van der Waals surface area contributed by atoms with E-state index < -0.39 is 4.92 Å². The number of ether oxygens (including phenoxy) is 2. The number of carbonyl (C=O) groups excluding carboxylic acids is 1.